The fourth-order valence-electron chi connectivity index (χ4n) is 6.50. The normalized spacial score (nSPS) is 17.9. The van der Waals surface area contributed by atoms with E-state index in [1.54, 1.807) is 18.9 Å². The molecule has 0 bridgehead atoms. The van der Waals surface area contributed by atoms with Crippen LogP contribution in [0.1, 0.15) is 41.6 Å². The number of hydrogen-bond acceptors (Lipinski definition) is 7. The van der Waals surface area contributed by atoms with Crippen LogP contribution in [0.25, 0.3) is 11.1 Å². The molecule has 2 amide bonds. The quantitative estimate of drug-likeness (QED) is 0.101. The second kappa shape index (κ2) is 18.2. The molecular formula is C46H44N2O6S. The number of aliphatic hydroxyl groups is 1. The van der Waals surface area contributed by atoms with Gasteiger partial charge < -0.3 is 34.7 Å². The van der Waals surface area contributed by atoms with Gasteiger partial charge in [0.2, 0.25) is 0 Å². The second-order valence-corrected chi connectivity index (χ2v) is 14.4. The van der Waals surface area contributed by atoms with Gasteiger partial charge in [0.15, 0.2) is 6.29 Å². The minimum atomic E-state index is -0.572. The number of benzene rings is 6. The molecule has 1 heterocycles. The molecule has 8 nitrogen and oxygen atoms in total. The van der Waals surface area contributed by atoms with Crippen molar-refractivity contribution in [1.29, 1.82) is 0 Å². The van der Waals surface area contributed by atoms with E-state index in [0.29, 0.717) is 18.0 Å². The zero-order valence-electron chi connectivity index (χ0n) is 30.8. The number of para-hydroxylation sites is 2. The Morgan fingerprint density at radius 2 is 1.44 bits per heavy atom. The van der Waals surface area contributed by atoms with Crippen molar-refractivity contribution in [1.82, 2.24) is 5.32 Å². The maximum Gasteiger partial charge on any atom is 0.319 e. The molecule has 9 heteroatoms. The number of methoxy groups -OCH3 is 1. The molecule has 4 unspecified atom stereocenters. The summed E-state index contributed by atoms with van der Waals surface area (Å²) in [5.74, 6) is 3.07. The van der Waals surface area contributed by atoms with E-state index in [9.17, 15) is 9.90 Å². The highest BCUT2D eigenvalue weighted by Crippen LogP contribution is 2.44. The molecule has 0 spiro atoms. The van der Waals surface area contributed by atoms with Crippen molar-refractivity contribution in [3.8, 4) is 28.4 Å². The smallest absolute Gasteiger partial charge is 0.319 e. The Kier molecular flexibility index (Phi) is 12.5. The maximum atomic E-state index is 12.7. The first kappa shape index (κ1) is 37.7. The molecule has 4 atom stereocenters. The molecule has 0 aliphatic carbocycles. The van der Waals surface area contributed by atoms with Gasteiger partial charge in [0.25, 0.3) is 0 Å². The van der Waals surface area contributed by atoms with E-state index in [4.69, 9.17) is 18.9 Å². The van der Waals surface area contributed by atoms with Crippen LogP contribution in [0, 0.1) is 5.92 Å². The summed E-state index contributed by atoms with van der Waals surface area (Å²) in [5.41, 5.74) is 6.55. The number of anilines is 1. The molecule has 55 heavy (non-hydrogen) atoms. The lowest BCUT2D eigenvalue weighted by Crippen LogP contribution is -2.38. The average Bonchev–Trinajstić information content (AvgIpc) is 3.24. The van der Waals surface area contributed by atoms with Crippen LogP contribution in [0.2, 0.25) is 0 Å². The van der Waals surface area contributed by atoms with Crippen molar-refractivity contribution in [2.24, 2.45) is 5.92 Å². The molecular weight excluding hydrogens is 709 g/mol. The molecule has 6 aromatic rings. The number of carbonyl (C=O) groups excluding carboxylic acids is 1. The van der Waals surface area contributed by atoms with Gasteiger partial charge in [-0.1, -0.05) is 104 Å². The molecule has 0 aromatic heterocycles. The van der Waals surface area contributed by atoms with Gasteiger partial charge in [0, 0.05) is 34.4 Å². The summed E-state index contributed by atoms with van der Waals surface area (Å²) in [4.78, 5) is 13.8. The van der Waals surface area contributed by atoms with E-state index in [-0.39, 0.29) is 30.8 Å². The van der Waals surface area contributed by atoms with E-state index in [1.165, 1.54) is 0 Å². The molecule has 1 aliphatic heterocycles. The Bertz CT molecular complexity index is 2150. The number of ether oxygens (including phenoxy) is 4. The van der Waals surface area contributed by atoms with Crippen molar-refractivity contribution in [2.45, 2.75) is 43.5 Å². The van der Waals surface area contributed by atoms with Crippen molar-refractivity contribution in [2.75, 3.05) is 18.2 Å². The lowest BCUT2D eigenvalue weighted by atomic mass is 9.91. The van der Waals surface area contributed by atoms with Crippen LogP contribution < -0.4 is 20.1 Å². The molecule has 1 aliphatic rings. The third-order valence-electron chi connectivity index (χ3n) is 9.58. The number of urea groups is 1. The van der Waals surface area contributed by atoms with Crippen LogP contribution in [0.15, 0.2) is 157 Å². The molecule has 6 aromatic carbocycles. The molecule has 3 N–H and O–H groups in total. The Labute approximate surface area is 326 Å². The zero-order chi connectivity index (χ0) is 38.0. The van der Waals surface area contributed by atoms with Crippen molar-refractivity contribution < 1.29 is 28.8 Å². The number of rotatable bonds is 13. The highest BCUT2D eigenvalue weighted by atomic mass is 32.2. The topological polar surface area (TPSA) is 98.3 Å². The third kappa shape index (κ3) is 9.75. The fourth-order valence-corrected chi connectivity index (χ4v) is 7.70. The molecule has 280 valence electrons. The van der Waals surface area contributed by atoms with Gasteiger partial charge in [-0.2, -0.15) is 0 Å². The highest BCUT2D eigenvalue weighted by Gasteiger charge is 2.38. The molecule has 1 saturated heterocycles. The largest absolute Gasteiger partial charge is 0.496 e. The van der Waals surface area contributed by atoms with E-state index >= 15 is 0 Å². The van der Waals surface area contributed by atoms with Gasteiger partial charge >= 0.3 is 6.03 Å². The third-order valence-corrected chi connectivity index (χ3v) is 10.7. The van der Waals surface area contributed by atoms with E-state index < -0.39 is 6.29 Å². The van der Waals surface area contributed by atoms with Gasteiger partial charge in [-0.25, -0.2) is 4.79 Å². The van der Waals surface area contributed by atoms with E-state index in [0.717, 1.165) is 55.5 Å². The van der Waals surface area contributed by atoms with Gasteiger partial charge in [-0.05, 0) is 82.4 Å². The SMILES string of the molecule is COc1ccccc1SCC1OC(c2ccc(-c3cccc(CNC(=O)Nc4ccc(Oc5ccccc5)cc4)c3)cc2)OC(c2ccc(CO)cc2)C1C. The summed E-state index contributed by atoms with van der Waals surface area (Å²) < 4.78 is 24.8. The Morgan fingerprint density at radius 3 is 2.18 bits per heavy atom. The minimum Gasteiger partial charge on any atom is -0.496 e. The van der Waals surface area contributed by atoms with Crippen LogP contribution >= 0.6 is 11.8 Å². The first-order valence-corrected chi connectivity index (χ1v) is 19.3. The summed E-state index contributed by atoms with van der Waals surface area (Å²) in [6, 6.07) is 48.9. The summed E-state index contributed by atoms with van der Waals surface area (Å²) in [5, 5.41) is 15.5. The lowest BCUT2D eigenvalue weighted by molar-refractivity contribution is -0.268. The summed E-state index contributed by atoms with van der Waals surface area (Å²) >= 11 is 1.72. The summed E-state index contributed by atoms with van der Waals surface area (Å²) in [7, 11) is 1.69. The van der Waals surface area contributed by atoms with Gasteiger partial charge in [0.1, 0.15) is 17.2 Å². The number of nitrogens with one attached hydrogen (secondary N) is 2. The lowest BCUT2D eigenvalue weighted by Gasteiger charge is -2.41. The van der Waals surface area contributed by atoms with Crippen LogP contribution in [-0.2, 0) is 22.6 Å². The molecule has 7 rings (SSSR count). The number of amides is 2. The van der Waals surface area contributed by atoms with Crippen LogP contribution in [0.5, 0.6) is 17.2 Å². The minimum absolute atomic E-state index is 0.00598. The second-order valence-electron chi connectivity index (χ2n) is 13.4. The monoisotopic (exact) mass is 752 g/mol. The van der Waals surface area contributed by atoms with E-state index in [1.807, 2.05) is 109 Å². The standard InChI is InChI=1S/C46H44N2O6S/c1-31-42(30-55-43-14-7-6-13-41(43)51-2)53-45(54-44(31)35-17-15-32(29-49)16-18-35)36-21-19-34(20-22-36)37-10-8-9-33(27-37)28-47-46(50)48-38-23-25-40(26-24-38)52-39-11-4-3-5-12-39/h3-27,31,42,44-45,49H,28-30H2,1-2H3,(H2,47,48,50). The predicted octanol–water partition coefficient (Wildman–Crippen LogP) is 10.6. The fraction of sp³-hybridized carbons (Fsp3) is 0.196. The van der Waals surface area contributed by atoms with E-state index in [2.05, 4.69) is 60.0 Å². The molecule has 0 radical (unpaired) electrons. The molecule has 0 saturated carbocycles. The first-order chi connectivity index (χ1) is 26.9. The van der Waals surface area contributed by atoms with Gasteiger partial charge in [-0.15, -0.1) is 11.8 Å². The van der Waals surface area contributed by atoms with Gasteiger partial charge in [0.05, 0.1) is 25.9 Å². The Hall–Kier alpha value is -5.58. The summed E-state index contributed by atoms with van der Waals surface area (Å²) in [6.45, 7) is 2.53. The number of aliphatic hydroxyl groups excluding tert-OH is 1. The first-order valence-electron chi connectivity index (χ1n) is 18.3. The van der Waals surface area contributed by atoms with Gasteiger partial charge in [-0.3, -0.25) is 0 Å². The van der Waals surface area contributed by atoms with Crippen molar-refractivity contribution >= 4 is 23.5 Å². The Balaban J connectivity index is 0.994. The molecule has 1 fully saturated rings. The number of thioether (sulfide) groups is 1. The predicted molar refractivity (Wildman–Crippen MR) is 217 cm³/mol. The van der Waals surface area contributed by atoms with Crippen LogP contribution in [-0.4, -0.2) is 30.1 Å². The van der Waals surface area contributed by atoms with Crippen LogP contribution in [0.3, 0.4) is 0 Å². The summed E-state index contributed by atoms with van der Waals surface area (Å²) in [6.07, 6.45) is -0.883. The van der Waals surface area contributed by atoms with Crippen LogP contribution in [0.4, 0.5) is 10.5 Å². The Morgan fingerprint density at radius 1 is 0.727 bits per heavy atom. The van der Waals surface area contributed by atoms with Crippen molar-refractivity contribution in [3.63, 3.8) is 0 Å². The average molecular weight is 753 g/mol. The zero-order valence-corrected chi connectivity index (χ0v) is 31.6. The number of hydrogen-bond donors (Lipinski definition) is 3. The highest BCUT2D eigenvalue weighted by molar-refractivity contribution is 7.99. The maximum absolute atomic E-state index is 12.7. The van der Waals surface area contributed by atoms with Crippen molar-refractivity contribution in [3.05, 3.63) is 174 Å². The number of carbonyl (C=O) groups is 1.